The van der Waals surface area contributed by atoms with Gasteiger partial charge in [0.15, 0.2) is 0 Å². The predicted octanol–water partition coefficient (Wildman–Crippen LogP) is 8.18. The molecule has 0 fully saturated rings. The van der Waals surface area contributed by atoms with Gasteiger partial charge in [0.05, 0.1) is 29.0 Å². The Kier molecular flexibility index (Phi) is 8.38. The van der Waals surface area contributed by atoms with E-state index >= 15 is 0 Å². The monoisotopic (exact) mass is 583 g/mol. The molecule has 0 aromatic heterocycles. The van der Waals surface area contributed by atoms with E-state index in [0.29, 0.717) is 42.6 Å². The molecule has 2 aliphatic rings. The van der Waals surface area contributed by atoms with Gasteiger partial charge in [0.25, 0.3) is 0 Å². The van der Waals surface area contributed by atoms with Gasteiger partial charge in [-0.1, -0.05) is 6.07 Å². The summed E-state index contributed by atoms with van der Waals surface area (Å²) in [6.07, 6.45) is -7.96. The molecule has 0 saturated heterocycles. The van der Waals surface area contributed by atoms with Crippen molar-refractivity contribution in [2.45, 2.75) is 83.9 Å². The van der Waals surface area contributed by atoms with E-state index in [4.69, 9.17) is 15.7 Å². The highest BCUT2D eigenvalue weighted by Gasteiger charge is 2.39. The minimum Gasteiger partial charge on any atom is -0.446 e. The van der Waals surface area contributed by atoms with Gasteiger partial charge in [0.2, 0.25) is 5.96 Å². The fourth-order valence-corrected chi connectivity index (χ4v) is 5.76. The summed E-state index contributed by atoms with van der Waals surface area (Å²) in [6.45, 7) is 5.09. The number of hydrogen-bond donors (Lipinski definition) is 2. The molecular formula is C28H31F6N5O2. The van der Waals surface area contributed by atoms with Crippen LogP contribution in [0.5, 0.6) is 0 Å². The number of amides is 1. The van der Waals surface area contributed by atoms with E-state index in [9.17, 15) is 31.1 Å². The van der Waals surface area contributed by atoms with Crippen molar-refractivity contribution in [2.75, 3.05) is 11.4 Å². The van der Waals surface area contributed by atoms with Crippen LogP contribution in [0.4, 0.5) is 36.8 Å². The van der Waals surface area contributed by atoms with Gasteiger partial charge in [-0.25, -0.2) is 10.3 Å². The summed E-state index contributed by atoms with van der Waals surface area (Å²) in [5, 5.41) is 11.6. The number of carbonyl (C=O) groups excluding carboxylic acids is 1. The molecule has 0 bridgehead atoms. The number of benzene rings is 2. The Bertz CT molecular complexity index is 1320. The van der Waals surface area contributed by atoms with E-state index in [1.807, 2.05) is 13.0 Å². The fourth-order valence-electron chi connectivity index (χ4n) is 5.76. The fraction of sp³-hybridized carbons (Fsp3) is 0.500. The molecule has 7 nitrogen and oxygen atoms in total. The molecule has 41 heavy (non-hydrogen) atoms. The van der Waals surface area contributed by atoms with Crippen LogP contribution in [0.1, 0.15) is 78.1 Å². The quantitative estimate of drug-likeness (QED) is 0.165. The molecule has 0 spiro atoms. The van der Waals surface area contributed by atoms with E-state index in [1.54, 1.807) is 18.7 Å². The van der Waals surface area contributed by atoms with Crippen LogP contribution in [0.15, 0.2) is 29.4 Å². The van der Waals surface area contributed by atoms with E-state index in [-0.39, 0.29) is 24.3 Å². The zero-order chi connectivity index (χ0) is 30.3. The molecule has 1 heterocycles. The number of ether oxygens (including phenoxy) is 1. The highest BCUT2D eigenvalue weighted by Crippen LogP contribution is 2.45. The molecule has 13 heteroatoms. The smallest absolute Gasteiger partial charge is 0.416 e. The molecule has 1 aliphatic carbocycles. The lowest BCUT2D eigenvalue weighted by Gasteiger charge is -2.34. The maximum Gasteiger partial charge on any atom is 0.416 e. The third-order valence-electron chi connectivity index (χ3n) is 7.42. The Labute approximate surface area is 233 Å². The molecule has 222 valence electrons. The van der Waals surface area contributed by atoms with Crippen LogP contribution in [-0.2, 0) is 36.5 Å². The van der Waals surface area contributed by atoms with Crippen LogP contribution >= 0.6 is 0 Å². The third-order valence-corrected chi connectivity index (χ3v) is 7.42. The average molecular weight is 584 g/mol. The van der Waals surface area contributed by atoms with E-state index < -0.39 is 48.1 Å². The first-order chi connectivity index (χ1) is 19.1. The van der Waals surface area contributed by atoms with Gasteiger partial charge < -0.3 is 9.64 Å². The van der Waals surface area contributed by atoms with Crippen molar-refractivity contribution >= 4 is 17.7 Å². The molecule has 2 aromatic rings. The maximum atomic E-state index is 13.6. The molecule has 1 aliphatic heterocycles. The highest BCUT2D eigenvalue weighted by atomic mass is 19.4. The van der Waals surface area contributed by atoms with Gasteiger partial charge in [-0.2, -0.15) is 26.3 Å². The van der Waals surface area contributed by atoms with Crippen molar-refractivity contribution in [1.29, 1.82) is 10.9 Å². The lowest BCUT2D eigenvalue weighted by Crippen LogP contribution is -2.35. The van der Waals surface area contributed by atoms with Gasteiger partial charge in [-0.05, 0) is 98.9 Å². The number of carbonyl (C=O) groups is 1. The second-order valence-corrected chi connectivity index (χ2v) is 10.7. The predicted molar refractivity (Wildman–Crippen MR) is 139 cm³/mol. The molecule has 0 radical (unpaired) electrons. The van der Waals surface area contributed by atoms with Crippen LogP contribution in [0.25, 0.3) is 0 Å². The van der Waals surface area contributed by atoms with Crippen LogP contribution in [0.3, 0.4) is 0 Å². The summed E-state index contributed by atoms with van der Waals surface area (Å²) in [5.74, 6) is -0.622. The number of alkyl halides is 6. The number of guanidine groups is 1. The summed E-state index contributed by atoms with van der Waals surface area (Å²) in [5.41, 5.74) is 8.41. The Balaban J connectivity index is 1.87. The van der Waals surface area contributed by atoms with Gasteiger partial charge in [0, 0.05) is 13.1 Å². The molecule has 1 unspecified atom stereocenters. The van der Waals surface area contributed by atoms with Gasteiger partial charge in [0.1, 0.15) is 0 Å². The van der Waals surface area contributed by atoms with Crippen molar-refractivity contribution < 1.29 is 35.9 Å². The average Bonchev–Trinajstić information content (AvgIpc) is 3.29. The summed E-state index contributed by atoms with van der Waals surface area (Å²) < 4.78 is 86.9. The van der Waals surface area contributed by atoms with Crippen LogP contribution < -0.4 is 4.90 Å². The minimum absolute atomic E-state index is 0.0554. The molecule has 4 rings (SSSR count). The van der Waals surface area contributed by atoms with E-state index in [1.165, 1.54) is 4.90 Å². The van der Waals surface area contributed by atoms with Crippen LogP contribution in [0, 0.1) is 17.9 Å². The van der Waals surface area contributed by atoms with Crippen LogP contribution in [-0.4, -0.2) is 29.6 Å². The van der Waals surface area contributed by atoms with E-state index in [0.717, 1.165) is 29.5 Å². The number of hydrogen-bond acceptors (Lipinski definition) is 4. The topological polar surface area (TPSA) is 92.8 Å². The number of fused-ring (bicyclic) bond motifs is 3. The largest absolute Gasteiger partial charge is 0.446 e. The first-order valence-electron chi connectivity index (χ1n) is 13.3. The molecular weight excluding hydrogens is 552 g/mol. The second-order valence-electron chi connectivity index (χ2n) is 10.7. The van der Waals surface area contributed by atoms with Crippen molar-refractivity contribution in [3.8, 4) is 0 Å². The molecule has 1 atom stereocenters. The standard InChI is InChI=1S/C28H31F6N5O2/c1-15(2)41-26(40)38-9-5-8-23(22-10-16(3)20-6-4-7-21(20)24(22)38)39(25(35)37-36)14-17-11-18(27(29,30)31)13-19(12-17)28(32,33)34/h10-13,15,23,35-36H,4-9,14H2,1-3H3. The maximum absolute atomic E-state index is 13.6. The Morgan fingerprint density at radius 1 is 1.05 bits per heavy atom. The number of rotatable bonds is 4. The van der Waals surface area contributed by atoms with Gasteiger partial charge in [-0.3, -0.25) is 10.3 Å². The number of nitrogens with one attached hydrogen (secondary N) is 2. The van der Waals surface area contributed by atoms with Crippen molar-refractivity contribution in [3.63, 3.8) is 0 Å². The number of aryl methyl sites for hydroxylation is 1. The number of anilines is 1. The molecule has 1 amide bonds. The lowest BCUT2D eigenvalue weighted by molar-refractivity contribution is -0.143. The Morgan fingerprint density at radius 3 is 2.22 bits per heavy atom. The van der Waals surface area contributed by atoms with E-state index in [2.05, 4.69) is 5.11 Å². The summed E-state index contributed by atoms with van der Waals surface area (Å²) in [7, 11) is 0. The normalized spacial score (nSPS) is 17.1. The van der Waals surface area contributed by atoms with Gasteiger partial charge in [-0.15, -0.1) is 5.11 Å². The second kappa shape index (κ2) is 11.3. The summed E-state index contributed by atoms with van der Waals surface area (Å²) >= 11 is 0. The Morgan fingerprint density at radius 2 is 1.66 bits per heavy atom. The SMILES string of the molecule is Cc1cc2c(c3c1CCC3)N(C(=O)OC(C)C)CCCC2N(Cc1cc(C(F)(F)F)cc(C(F)(F)F)c1)C(=N)N=N. The molecule has 0 saturated carbocycles. The van der Waals surface area contributed by atoms with Crippen LogP contribution in [0.2, 0.25) is 0 Å². The van der Waals surface area contributed by atoms with Crippen molar-refractivity contribution in [1.82, 2.24) is 4.90 Å². The van der Waals surface area contributed by atoms with Crippen molar-refractivity contribution in [3.05, 3.63) is 63.2 Å². The highest BCUT2D eigenvalue weighted by molar-refractivity contribution is 5.91. The third kappa shape index (κ3) is 6.33. The lowest BCUT2D eigenvalue weighted by atomic mass is 9.91. The Hall–Kier alpha value is -3.64. The molecule has 2 N–H and O–H groups in total. The van der Waals surface area contributed by atoms with Crippen molar-refractivity contribution in [2.24, 2.45) is 5.11 Å². The number of halogens is 6. The van der Waals surface area contributed by atoms with Gasteiger partial charge >= 0.3 is 18.4 Å². The summed E-state index contributed by atoms with van der Waals surface area (Å²) in [6, 6.07) is 2.41. The number of nitrogens with zero attached hydrogens (tertiary/aromatic N) is 3. The molecule has 2 aromatic carbocycles. The first-order valence-corrected chi connectivity index (χ1v) is 13.3. The zero-order valence-electron chi connectivity index (χ0n) is 22.8. The zero-order valence-corrected chi connectivity index (χ0v) is 22.8. The minimum atomic E-state index is -5.03. The summed E-state index contributed by atoms with van der Waals surface area (Å²) in [4.78, 5) is 16.0. The first kappa shape index (κ1) is 30.3.